The highest BCUT2D eigenvalue weighted by atomic mass is 35.5. The van der Waals surface area contributed by atoms with Gasteiger partial charge < -0.3 is 9.64 Å². The summed E-state index contributed by atoms with van der Waals surface area (Å²) in [7, 11) is 3.80. The Bertz CT molecular complexity index is 366. The van der Waals surface area contributed by atoms with Gasteiger partial charge in [-0.15, -0.1) is 11.6 Å². The van der Waals surface area contributed by atoms with Gasteiger partial charge >= 0.3 is 0 Å². The van der Waals surface area contributed by atoms with Crippen LogP contribution in [0.1, 0.15) is 18.4 Å². The molecule has 0 saturated heterocycles. The van der Waals surface area contributed by atoms with Gasteiger partial charge in [0.25, 0.3) is 0 Å². The molecule has 17 heavy (non-hydrogen) atoms. The first kappa shape index (κ1) is 12.7. The van der Waals surface area contributed by atoms with Crippen molar-refractivity contribution in [3.05, 3.63) is 23.9 Å². The average molecular weight is 255 g/mol. The maximum Gasteiger partial charge on any atom is 0.217 e. The number of alkyl halides is 1. The van der Waals surface area contributed by atoms with Crippen molar-refractivity contribution in [3.63, 3.8) is 0 Å². The maximum absolute atomic E-state index is 5.99. The number of pyridine rings is 1. The fraction of sp³-hybridized carbons (Fsp3) is 0.615. The van der Waals surface area contributed by atoms with Crippen molar-refractivity contribution in [3.8, 4) is 5.88 Å². The van der Waals surface area contributed by atoms with Crippen molar-refractivity contribution in [1.29, 1.82) is 0 Å². The molecule has 0 N–H and O–H groups in total. The fourth-order valence-corrected chi connectivity index (χ4v) is 2.83. The quantitative estimate of drug-likeness (QED) is 0.755. The highest BCUT2D eigenvalue weighted by Crippen LogP contribution is 2.32. The lowest BCUT2D eigenvalue weighted by Crippen LogP contribution is -2.34. The van der Waals surface area contributed by atoms with Gasteiger partial charge in [0.05, 0.1) is 7.11 Å². The van der Waals surface area contributed by atoms with Crippen LogP contribution < -0.4 is 4.74 Å². The number of hydrogen-bond donors (Lipinski definition) is 0. The smallest absolute Gasteiger partial charge is 0.217 e. The Morgan fingerprint density at radius 3 is 2.94 bits per heavy atom. The molecule has 0 radical (unpaired) electrons. The molecule has 2 rings (SSSR count). The number of hydrogen-bond acceptors (Lipinski definition) is 3. The van der Waals surface area contributed by atoms with E-state index in [1.807, 2.05) is 6.07 Å². The second-order valence-electron chi connectivity index (χ2n) is 4.80. The summed E-state index contributed by atoms with van der Waals surface area (Å²) in [6.07, 6.45) is 4.05. The highest BCUT2D eigenvalue weighted by Gasteiger charge is 2.28. The van der Waals surface area contributed by atoms with Crippen LogP contribution in [0.25, 0.3) is 0 Å². The van der Waals surface area contributed by atoms with Crippen LogP contribution in [0, 0.1) is 5.92 Å². The van der Waals surface area contributed by atoms with Crippen molar-refractivity contribution in [1.82, 2.24) is 9.88 Å². The van der Waals surface area contributed by atoms with Crippen LogP contribution in [-0.2, 0) is 6.54 Å². The van der Waals surface area contributed by atoms with Crippen LogP contribution in [-0.4, -0.2) is 36.0 Å². The highest BCUT2D eigenvalue weighted by molar-refractivity contribution is 6.21. The lowest BCUT2D eigenvalue weighted by Gasteiger charge is -2.34. The normalized spacial score (nSPS) is 23.5. The summed E-state index contributed by atoms with van der Waals surface area (Å²) in [6, 6.07) is 4.01. The molecule has 0 atom stereocenters. The van der Waals surface area contributed by atoms with E-state index in [-0.39, 0.29) is 0 Å². The molecule has 0 amide bonds. The van der Waals surface area contributed by atoms with Gasteiger partial charge in [0, 0.05) is 30.2 Å². The predicted molar refractivity (Wildman–Crippen MR) is 69.5 cm³/mol. The number of ether oxygens (including phenoxy) is 1. The molecule has 94 valence electrons. The SMILES string of the molecule is COc1ncccc1CN(C)CC1CC(Cl)C1. The molecule has 0 bridgehead atoms. The minimum Gasteiger partial charge on any atom is -0.481 e. The topological polar surface area (TPSA) is 25.4 Å². The van der Waals surface area contributed by atoms with Crippen LogP contribution in [0.3, 0.4) is 0 Å². The number of halogens is 1. The summed E-state index contributed by atoms with van der Waals surface area (Å²) >= 11 is 5.99. The second kappa shape index (κ2) is 5.69. The molecule has 0 aromatic carbocycles. The number of rotatable bonds is 5. The summed E-state index contributed by atoms with van der Waals surface area (Å²) in [6.45, 7) is 1.97. The zero-order valence-corrected chi connectivity index (χ0v) is 11.2. The van der Waals surface area contributed by atoms with E-state index in [2.05, 4.69) is 23.0 Å². The molecule has 1 saturated carbocycles. The predicted octanol–water partition coefficient (Wildman–Crippen LogP) is 2.54. The van der Waals surface area contributed by atoms with E-state index in [9.17, 15) is 0 Å². The van der Waals surface area contributed by atoms with Gasteiger partial charge in [0.1, 0.15) is 0 Å². The van der Waals surface area contributed by atoms with Gasteiger partial charge in [-0.1, -0.05) is 6.07 Å². The molecule has 1 heterocycles. The summed E-state index contributed by atoms with van der Waals surface area (Å²) < 4.78 is 5.25. The molecule has 1 aliphatic rings. The third-order valence-corrected chi connectivity index (χ3v) is 3.59. The van der Waals surface area contributed by atoms with Crippen molar-refractivity contribution in [2.75, 3.05) is 20.7 Å². The Morgan fingerprint density at radius 1 is 1.53 bits per heavy atom. The summed E-state index contributed by atoms with van der Waals surface area (Å²) in [5.74, 6) is 1.48. The van der Waals surface area contributed by atoms with E-state index in [4.69, 9.17) is 16.3 Å². The Hall–Kier alpha value is -0.800. The number of aromatic nitrogens is 1. The molecule has 1 aromatic heterocycles. The Balaban J connectivity index is 1.86. The van der Waals surface area contributed by atoms with Crippen molar-refractivity contribution < 1.29 is 4.74 Å². The van der Waals surface area contributed by atoms with E-state index in [0.29, 0.717) is 5.38 Å². The Labute approximate surface area is 108 Å². The van der Waals surface area contributed by atoms with Gasteiger partial charge in [0.15, 0.2) is 0 Å². The van der Waals surface area contributed by atoms with Crippen LogP contribution in [0.15, 0.2) is 18.3 Å². The van der Waals surface area contributed by atoms with E-state index in [0.717, 1.165) is 43.3 Å². The van der Waals surface area contributed by atoms with Crippen LogP contribution in [0.2, 0.25) is 0 Å². The van der Waals surface area contributed by atoms with Crippen molar-refractivity contribution in [2.45, 2.75) is 24.8 Å². The summed E-state index contributed by atoms with van der Waals surface area (Å²) in [5, 5.41) is 0.404. The first-order valence-electron chi connectivity index (χ1n) is 5.99. The lowest BCUT2D eigenvalue weighted by atomic mass is 9.84. The molecule has 0 unspecified atom stereocenters. The molecule has 1 aromatic rings. The van der Waals surface area contributed by atoms with E-state index in [1.54, 1.807) is 13.3 Å². The zero-order valence-electron chi connectivity index (χ0n) is 10.4. The Morgan fingerprint density at radius 2 is 2.29 bits per heavy atom. The molecule has 1 aliphatic carbocycles. The molecular weight excluding hydrogens is 236 g/mol. The molecular formula is C13H19ClN2O. The second-order valence-corrected chi connectivity index (χ2v) is 5.42. The molecule has 4 heteroatoms. The maximum atomic E-state index is 5.99. The average Bonchev–Trinajstić information content (AvgIpc) is 2.27. The van der Waals surface area contributed by atoms with Crippen molar-refractivity contribution >= 4 is 11.6 Å². The van der Waals surface area contributed by atoms with E-state index >= 15 is 0 Å². The first-order valence-corrected chi connectivity index (χ1v) is 6.43. The largest absolute Gasteiger partial charge is 0.481 e. The Kier molecular flexibility index (Phi) is 4.24. The minimum absolute atomic E-state index is 0.404. The molecule has 0 spiro atoms. The minimum atomic E-state index is 0.404. The van der Waals surface area contributed by atoms with E-state index < -0.39 is 0 Å². The molecule has 0 aliphatic heterocycles. The summed E-state index contributed by atoms with van der Waals surface area (Å²) in [4.78, 5) is 6.52. The van der Waals surface area contributed by atoms with Crippen molar-refractivity contribution in [2.24, 2.45) is 5.92 Å². The van der Waals surface area contributed by atoms with Crippen LogP contribution >= 0.6 is 11.6 Å². The summed E-state index contributed by atoms with van der Waals surface area (Å²) in [5.41, 5.74) is 1.14. The third kappa shape index (κ3) is 3.33. The number of methoxy groups -OCH3 is 1. The third-order valence-electron chi connectivity index (χ3n) is 3.23. The first-order chi connectivity index (χ1) is 8.19. The van der Waals surface area contributed by atoms with Gasteiger partial charge in [-0.2, -0.15) is 0 Å². The molecule has 3 nitrogen and oxygen atoms in total. The van der Waals surface area contributed by atoms with E-state index in [1.165, 1.54) is 0 Å². The van der Waals surface area contributed by atoms with Crippen LogP contribution in [0.4, 0.5) is 0 Å². The van der Waals surface area contributed by atoms with Gasteiger partial charge in [-0.05, 0) is 31.9 Å². The van der Waals surface area contributed by atoms with Gasteiger partial charge in [0.2, 0.25) is 5.88 Å². The van der Waals surface area contributed by atoms with Gasteiger partial charge in [-0.3, -0.25) is 0 Å². The van der Waals surface area contributed by atoms with Crippen LogP contribution in [0.5, 0.6) is 5.88 Å². The zero-order chi connectivity index (χ0) is 12.3. The number of nitrogens with zero attached hydrogens (tertiary/aromatic N) is 2. The fourth-order valence-electron chi connectivity index (χ4n) is 2.33. The monoisotopic (exact) mass is 254 g/mol. The van der Waals surface area contributed by atoms with Gasteiger partial charge in [-0.25, -0.2) is 4.98 Å². The molecule has 1 fully saturated rings. The standard InChI is InChI=1S/C13H19ClN2O/c1-16(8-10-6-12(14)7-10)9-11-4-3-5-15-13(11)17-2/h3-5,10,12H,6-9H2,1-2H3. The lowest BCUT2D eigenvalue weighted by molar-refractivity contribution is 0.202.